The molecule has 2 rings (SSSR count). The van der Waals surface area contributed by atoms with Crippen LogP contribution in [0.15, 0.2) is 53.4 Å². The summed E-state index contributed by atoms with van der Waals surface area (Å²) in [5.41, 5.74) is 0.598. The molecule has 5 nitrogen and oxygen atoms in total. The lowest BCUT2D eigenvalue weighted by atomic mass is 10.2. The molecule has 2 aromatic rings. The number of ether oxygens (including phenoxy) is 1. The fourth-order valence-electron chi connectivity index (χ4n) is 1.86. The van der Waals surface area contributed by atoms with E-state index < -0.39 is 28.5 Å². The van der Waals surface area contributed by atoms with E-state index in [0.717, 1.165) is 6.26 Å². The predicted molar refractivity (Wildman–Crippen MR) is 85.5 cm³/mol. The Morgan fingerprint density at radius 3 is 2.08 bits per heavy atom. The van der Waals surface area contributed by atoms with Crippen molar-refractivity contribution in [1.29, 1.82) is 0 Å². The van der Waals surface area contributed by atoms with E-state index in [1.165, 1.54) is 48.5 Å². The SMILES string of the molecule is CS(=O)(=O)c1ccc(C(=O)Nc2ccc(OCC(F)(F)F)cc2)cc1. The summed E-state index contributed by atoms with van der Waals surface area (Å²) in [7, 11) is -3.35. The second-order valence-electron chi connectivity index (χ2n) is 5.18. The van der Waals surface area contributed by atoms with Gasteiger partial charge in [0, 0.05) is 17.5 Å². The van der Waals surface area contributed by atoms with Crippen LogP contribution in [0, 0.1) is 0 Å². The van der Waals surface area contributed by atoms with Crippen LogP contribution in [0.4, 0.5) is 18.9 Å². The minimum absolute atomic E-state index is 0.0211. The average molecular weight is 373 g/mol. The first-order valence-electron chi connectivity index (χ1n) is 6.96. The predicted octanol–water partition coefficient (Wildman–Crippen LogP) is 3.28. The standard InChI is InChI=1S/C16H14F3NO4S/c1-25(22,23)14-8-2-11(3-9-14)15(21)20-12-4-6-13(7-5-12)24-10-16(17,18)19/h2-9H,10H2,1H3,(H,20,21). The Hall–Kier alpha value is -2.55. The van der Waals surface area contributed by atoms with Gasteiger partial charge < -0.3 is 10.1 Å². The number of carbonyl (C=O) groups excluding carboxylic acids is 1. The van der Waals surface area contributed by atoms with Gasteiger partial charge in [0.05, 0.1) is 4.90 Å². The zero-order valence-electron chi connectivity index (χ0n) is 13.0. The van der Waals surface area contributed by atoms with Crippen LogP contribution >= 0.6 is 0 Å². The maximum absolute atomic E-state index is 12.1. The minimum atomic E-state index is -4.43. The van der Waals surface area contributed by atoms with Crippen molar-refractivity contribution in [3.63, 3.8) is 0 Å². The van der Waals surface area contributed by atoms with E-state index in [2.05, 4.69) is 10.1 Å². The van der Waals surface area contributed by atoms with Crippen molar-refractivity contribution < 1.29 is 31.1 Å². The molecule has 0 fully saturated rings. The maximum Gasteiger partial charge on any atom is 0.422 e. The van der Waals surface area contributed by atoms with Gasteiger partial charge in [-0.15, -0.1) is 0 Å². The molecule has 0 aliphatic rings. The first kappa shape index (κ1) is 18.8. The molecule has 0 aliphatic carbocycles. The van der Waals surface area contributed by atoms with E-state index in [9.17, 15) is 26.4 Å². The van der Waals surface area contributed by atoms with E-state index in [4.69, 9.17) is 0 Å². The molecular formula is C16H14F3NO4S. The molecule has 0 aromatic heterocycles. The van der Waals surface area contributed by atoms with Crippen LogP contribution in [0.5, 0.6) is 5.75 Å². The third-order valence-electron chi connectivity index (χ3n) is 3.06. The number of carbonyl (C=O) groups is 1. The van der Waals surface area contributed by atoms with E-state index in [1.54, 1.807) is 0 Å². The van der Waals surface area contributed by atoms with Gasteiger partial charge in [-0.3, -0.25) is 4.79 Å². The topological polar surface area (TPSA) is 72.5 Å². The summed E-state index contributed by atoms with van der Waals surface area (Å²) in [6, 6.07) is 10.8. The van der Waals surface area contributed by atoms with E-state index in [0.29, 0.717) is 5.69 Å². The van der Waals surface area contributed by atoms with Gasteiger partial charge in [0.15, 0.2) is 16.4 Å². The van der Waals surface area contributed by atoms with Crippen LogP contribution in [0.2, 0.25) is 0 Å². The fraction of sp³-hybridized carbons (Fsp3) is 0.188. The molecule has 0 unspecified atom stereocenters. The molecule has 0 heterocycles. The lowest BCUT2D eigenvalue weighted by Gasteiger charge is -2.10. The molecule has 0 saturated carbocycles. The highest BCUT2D eigenvalue weighted by atomic mass is 32.2. The first-order chi connectivity index (χ1) is 11.5. The van der Waals surface area contributed by atoms with Crippen LogP contribution in [-0.2, 0) is 9.84 Å². The monoisotopic (exact) mass is 373 g/mol. The quantitative estimate of drug-likeness (QED) is 0.873. The molecule has 9 heteroatoms. The number of halogens is 3. The Kier molecular flexibility index (Phi) is 5.36. The summed E-state index contributed by atoms with van der Waals surface area (Å²) in [4.78, 5) is 12.2. The molecule has 0 saturated heterocycles. The van der Waals surface area contributed by atoms with Crippen molar-refractivity contribution in [3.8, 4) is 5.75 Å². The van der Waals surface area contributed by atoms with Crippen molar-refractivity contribution in [1.82, 2.24) is 0 Å². The number of rotatable bonds is 5. The fourth-order valence-corrected chi connectivity index (χ4v) is 2.49. The number of hydrogen-bond donors (Lipinski definition) is 1. The Labute approximate surface area is 142 Å². The Bertz CT molecular complexity index is 844. The van der Waals surface area contributed by atoms with E-state index >= 15 is 0 Å². The van der Waals surface area contributed by atoms with Gasteiger partial charge in [-0.05, 0) is 48.5 Å². The minimum Gasteiger partial charge on any atom is -0.484 e. The van der Waals surface area contributed by atoms with Crippen LogP contribution in [-0.4, -0.2) is 33.4 Å². The number of amides is 1. The van der Waals surface area contributed by atoms with Gasteiger partial charge in [0.25, 0.3) is 5.91 Å². The lowest BCUT2D eigenvalue weighted by Crippen LogP contribution is -2.19. The highest BCUT2D eigenvalue weighted by Crippen LogP contribution is 2.20. The van der Waals surface area contributed by atoms with Crippen molar-refractivity contribution in [3.05, 3.63) is 54.1 Å². The number of anilines is 1. The molecular weight excluding hydrogens is 359 g/mol. The van der Waals surface area contributed by atoms with Crippen LogP contribution in [0.3, 0.4) is 0 Å². The molecule has 0 bridgehead atoms. The number of hydrogen-bond acceptors (Lipinski definition) is 4. The van der Waals surface area contributed by atoms with Gasteiger partial charge in [0.2, 0.25) is 0 Å². The van der Waals surface area contributed by atoms with Crippen molar-refractivity contribution >= 4 is 21.4 Å². The summed E-state index contributed by atoms with van der Waals surface area (Å²) in [5.74, 6) is -0.461. The molecule has 0 spiro atoms. The van der Waals surface area contributed by atoms with Gasteiger partial charge in [-0.25, -0.2) is 8.42 Å². The van der Waals surface area contributed by atoms with Gasteiger partial charge in [-0.2, -0.15) is 13.2 Å². The van der Waals surface area contributed by atoms with Crippen LogP contribution < -0.4 is 10.1 Å². The van der Waals surface area contributed by atoms with Crippen molar-refractivity contribution in [2.45, 2.75) is 11.1 Å². The summed E-state index contributed by atoms with van der Waals surface area (Å²) >= 11 is 0. The van der Waals surface area contributed by atoms with Gasteiger partial charge in [-0.1, -0.05) is 0 Å². The number of sulfone groups is 1. The maximum atomic E-state index is 12.1. The molecule has 0 atom stereocenters. The summed E-state index contributed by atoms with van der Waals surface area (Å²) < 4.78 is 63.5. The van der Waals surface area contributed by atoms with Crippen molar-refractivity contribution in [2.24, 2.45) is 0 Å². The molecule has 0 aliphatic heterocycles. The lowest BCUT2D eigenvalue weighted by molar-refractivity contribution is -0.153. The molecule has 1 amide bonds. The zero-order chi connectivity index (χ0) is 18.7. The molecule has 0 radical (unpaired) electrons. The third kappa shape index (κ3) is 5.79. The molecule has 25 heavy (non-hydrogen) atoms. The van der Waals surface area contributed by atoms with Crippen LogP contribution in [0.25, 0.3) is 0 Å². The Morgan fingerprint density at radius 2 is 1.60 bits per heavy atom. The largest absolute Gasteiger partial charge is 0.484 e. The highest BCUT2D eigenvalue weighted by Gasteiger charge is 2.28. The van der Waals surface area contributed by atoms with Gasteiger partial charge >= 0.3 is 6.18 Å². The average Bonchev–Trinajstić information content (AvgIpc) is 2.53. The normalized spacial score (nSPS) is 11.8. The summed E-state index contributed by atoms with van der Waals surface area (Å²) in [6.07, 6.45) is -3.37. The summed E-state index contributed by atoms with van der Waals surface area (Å²) in [5, 5.41) is 2.55. The second-order valence-corrected chi connectivity index (χ2v) is 7.19. The first-order valence-corrected chi connectivity index (χ1v) is 8.85. The van der Waals surface area contributed by atoms with Crippen LogP contribution in [0.1, 0.15) is 10.4 Å². The smallest absolute Gasteiger partial charge is 0.422 e. The zero-order valence-corrected chi connectivity index (χ0v) is 13.8. The van der Waals surface area contributed by atoms with E-state index in [-0.39, 0.29) is 16.2 Å². The molecule has 2 aromatic carbocycles. The molecule has 134 valence electrons. The van der Waals surface area contributed by atoms with Gasteiger partial charge in [0.1, 0.15) is 5.75 Å². The number of alkyl halides is 3. The van der Waals surface area contributed by atoms with E-state index in [1.807, 2.05) is 0 Å². The third-order valence-corrected chi connectivity index (χ3v) is 4.19. The number of nitrogens with one attached hydrogen (secondary N) is 1. The Balaban J connectivity index is 2.01. The Morgan fingerprint density at radius 1 is 1.04 bits per heavy atom. The van der Waals surface area contributed by atoms with Crippen molar-refractivity contribution in [2.75, 3.05) is 18.2 Å². The highest BCUT2D eigenvalue weighted by molar-refractivity contribution is 7.90. The second kappa shape index (κ2) is 7.14. The summed E-state index contributed by atoms with van der Waals surface area (Å²) in [6.45, 7) is -1.40. The number of benzene rings is 2. The molecule has 1 N–H and O–H groups in total.